The average molecular weight is 449 g/mol. The molecule has 1 aromatic carbocycles. The number of furan rings is 1. The fraction of sp³-hybridized carbons (Fsp3) is 0.429. The van der Waals surface area contributed by atoms with E-state index in [1.54, 1.807) is 21.9 Å². The smallest absolute Gasteiger partial charge is 0.289 e. The van der Waals surface area contributed by atoms with E-state index in [0.29, 0.717) is 42.4 Å². The minimum Gasteiger partial charge on any atom is -0.484 e. The third kappa shape index (κ3) is 4.95. The van der Waals surface area contributed by atoms with Crippen molar-refractivity contribution in [3.63, 3.8) is 0 Å². The van der Waals surface area contributed by atoms with Gasteiger partial charge in [-0.2, -0.15) is 0 Å². The molecule has 2 heterocycles. The zero-order valence-corrected chi connectivity index (χ0v) is 18.0. The fourth-order valence-electron chi connectivity index (χ4n) is 3.03. The highest BCUT2D eigenvalue weighted by atomic mass is 79.9. The summed E-state index contributed by atoms with van der Waals surface area (Å²) in [6.45, 7) is 8.38. The summed E-state index contributed by atoms with van der Waals surface area (Å²) < 4.78 is 11.5. The minimum atomic E-state index is -0.159. The van der Waals surface area contributed by atoms with Crippen LogP contribution in [-0.2, 0) is 10.2 Å². The van der Waals surface area contributed by atoms with Gasteiger partial charge in [-0.15, -0.1) is 0 Å². The van der Waals surface area contributed by atoms with Gasteiger partial charge in [0.1, 0.15) is 5.75 Å². The Labute approximate surface area is 173 Å². The van der Waals surface area contributed by atoms with Gasteiger partial charge in [0.2, 0.25) is 0 Å². The van der Waals surface area contributed by atoms with Crippen molar-refractivity contribution in [2.45, 2.75) is 26.2 Å². The molecular weight excluding hydrogens is 424 g/mol. The van der Waals surface area contributed by atoms with Crippen LogP contribution in [0.3, 0.4) is 0 Å². The van der Waals surface area contributed by atoms with Crippen LogP contribution in [0.5, 0.6) is 5.75 Å². The predicted molar refractivity (Wildman–Crippen MR) is 110 cm³/mol. The lowest BCUT2D eigenvalue weighted by molar-refractivity contribution is -0.134. The Morgan fingerprint density at radius 3 is 2.14 bits per heavy atom. The van der Waals surface area contributed by atoms with Crippen molar-refractivity contribution in [1.82, 2.24) is 9.80 Å². The maximum absolute atomic E-state index is 12.4. The summed E-state index contributed by atoms with van der Waals surface area (Å²) in [5.41, 5.74) is 1.30. The number of amides is 2. The second-order valence-electron chi connectivity index (χ2n) is 7.84. The molecule has 7 heteroatoms. The molecule has 0 aliphatic carbocycles. The lowest BCUT2D eigenvalue weighted by Gasteiger charge is -2.34. The van der Waals surface area contributed by atoms with Crippen LogP contribution in [0.2, 0.25) is 0 Å². The van der Waals surface area contributed by atoms with Gasteiger partial charge in [-0.25, -0.2) is 0 Å². The zero-order chi connectivity index (χ0) is 20.3. The Hall–Kier alpha value is -2.28. The van der Waals surface area contributed by atoms with Gasteiger partial charge in [-0.1, -0.05) is 32.9 Å². The highest BCUT2D eigenvalue weighted by Gasteiger charge is 2.26. The second kappa shape index (κ2) is 8.39. The first-order valence-corrected chi connectivity index (χ1v) is 10.1. The van der Waals surface area contributed by atoms with Crippen LogP contribution in [0.25, 0.3) is 0 Å². The number of piperazine rings is 1. The first-order chi connectivity index (χ1) is 13.2. The van der Waals surface area contributed by atoms with E-state index in [0.717, 1.165) is 0 Å². The van der Waals surface area contributed by atoms with E-state index in [-0.39, 0.29) is 23.8 Å². The van der Waals surface area contributed by atoms with Crippen molar-refractivity contribution in [3.8, 4) is 5.75 Å². The summed E-state index contributed by atoms with van der Waals surface area (Å²) >= 11 is 3.20. The fourth-order valence-corrected chi connectivity index (χ4v) is 3.34. The van der Waals surface area contributed by atoms with Gasteiger partial charge >= 0.3 is 0 Å². The quantitative estimate of drug-likeness (QED) is 0.714. The van der Waals surface area contributed by atoms with Crippen molar-refractivity contribution in [1.29, 1.82) is 0 Å². The molecule has 0 unspecified atom stereocenters. The summed E-state index contributed by atoms with van der Waals surface area (Å²) in [4.78, 5) is 28.2. The van der Waals surface area contributed by atoms with Crippen LogP contribution >= 0.6 is 15.9 Å². The molecule has 1 fully saturated rings. The SMILES string of the molecule is CC(C)(C)c1ccc(OCC(=O)N2CCN(C(=O)c3ccc(Br)o3)CC2)cc1. The number of carbonyl (C=O) groups is 2. The van der Waals surface area contributed by atoms with E-state index >= 15 is 0 Å². The molecule has 0 N–H and O–H groups in total. The van der Waals surface area contributed by atoms with E-state index in [9.17, 15) is 9.59 Å². The van der Waals surface area contributed by atoms with E-state index < -0.39 is 0 Å². The first kappa shape index (κ1) is 20.5. The third-order valence-corrected chi connectivity index (χ3v) is 5.21. The van der Waals surface area contributed by atoms with Gasteiger partial charge in [-0.05, 0) is 51.2 Å². The Balaban J connectivity index is 1.47. The molecule has 6 nitrogen and oxygen atoms in total. The summed E-state index contributed by atoms with van der Waals surface area (Å²) in [5, 5.41) is 0. The molecule has 1 aliphatic rings. The molecule has 0 bridgehead atoms. The first-order valence-electron chi connectivity index (χ1n) is 9.30. The molecule has 2 amide bonds. The highest BCUT2D eigenvalue weighted by molar-refractivity contribution is 9.10. The number of ether oxygens (including phenoxy) is 1. The van der Waals surface area contributed by atoms with Crippen LogP contribution in [0.15, 0.2) is 45.5 Å². The lowest BCUT2D eigenvalue weighted by Crippen LogP contribution is -2.51. The standard InChI is InChI=1S/C21H25BrN2O4/c1-21(2,3)15-4-6-16(7-5-15)27-14-19(25)23-10-12-24(13-11-23)20(26)17-8-9-18(22)28-17/h4-9H,10-14H2,1-3H3. The van der Waals surface area contributed by atoms with Crippen molar-refractivity contribution >= 4 is 27.7 Å². The molecule has 2 aromatic rings. The normalized spacial score (nSPS) is 14.9. The van der Waals surface area contributed by atoms with Crippen molar-refractivity contribution in [2.75, 3.05) is 32.8 Å². The lowest BCUT2D eigenvalue weighted by atomic mass is 9.87. The van der Waals surface area contributed by atoms with Crippen LogP contribution < -0.4 is 4.74 Å². The molecule has 0 saturated carbocycles. The predicted octanol–water partition coefficient (Wildman–Crippen LogP) is 3.70. The third-order valence-electron chi connectivity index (χ3n) is 4.79. The number of hydrogen-bond acceptors (Lipinski definition) is 4. The van der Waals surface area contributed by atoms with E-state index in [1.807, 2.05) is 24.3 Å². The van der Waals surface area contributed by atoms with E-state index in [2.05, 4.69) is 36.7 Å². The molecule has 3 rings (SSSR count). The van der Waals surface area contributed by atoms with Gasteiger partial charge in [-0.3, -0.25) is 9.59 Å². The summed E-state index contributed by atoms with van der Waals surface area (Å²) in [7, 11) is 0. The van der Waals surface area contributed by atoms with Crippen LogP contribution in [0, 0.1) is 0 Å². The topological polar surface area (TPSA) is 63.0 Å². The Kier molecular flexibility index (Phi) is 6.13. The van der Waals surface area contributed by atoms with Gasteiger partial charge in [0.25, 0.3) is 11.8 Å². The molecule has 0 radical (unpaired) electrons. The van der Waals surface area contributed by atoms with E-state index in [1.165, 1.54) is 5.56 Å². The Morgan fingerprint density at radius 2 is 1.61 bits per heavy atom. The Bertz CT molecular complexity index is 831. The molecule has 0 spiro atoms. The number of benzene rings is 1. The van der Waals surface area contributed by atoms with Crippen molar-refractivity contribution in [2.24, 2.45) is 0 Å². The van der Waals surface area contributed by atoms with Crippen molar-refractivity contribution in [3.05, 3.63) is 52.4 Å². The minimum absolute atomic E-state index is 0.00601. The van der Waals surface area contributed by atoms with Gasteiger partial charge in [0, 0.05) is 26.2 Å². The summed E-state index contributed by atoms with van der Waals surface area (Å²) in [5.74, 6) is 0.743. The zero-order valence-electron chi connectivity index (χ0n) is 16.4. The van der Waals surface area contributed by atoms with Gasteiger partial charge in [0.15, 0.2) is 17.0 Å². The molecule has 1 aromatic heterocycles. The maximum Gasteiger partial charge on any atom is 0.289 e. The largest absolute Gasteiger partial charge is 0.484 e. The molecule has 150 valence electrons. The highest BCUT2D eigenvalue weighted by Crippen LogP contribution is 2.24. The number of nitrogens with zero attached hydrogens (tertiary/aromatic N) is 2. The molecule has 0 atom stereocenters. The molecular formula is C21H25BrN2O4. The van der Waals surface area contributed by atoms with Crippen molar-refractivity contribution < 1.29 is 18.7 Å². The molecule has 1 saturated heterocycles. The molecule has 1 aliphatic heterocycles. The van der Waals surface area contributed by atoms with Gasteiger partial charge in [0.05, 0.1) is 0 Å². The maximum atomic E-state index is 12.4. The summed E-state index contributed by atoms with van der Waals surface area (Å²) in [6, 6.07) is 11.2. The number of halogens is 1. The van der Waals surface area contributed by atoms with Crippen LogP contribution in [0.1, 0.15) is 36.9 Å². The summed E-state index contributed by atoms with van der Waals surface area (Å²) in [6.07, 6.45) is 0. The monoisotopic (exact) mass is 448 g/mol. The Morgan fingerprint density at radius 1 is 1.00 bits per heavy atom. The van der Waals surface area contributed by atoms with E-state index in [4.69, 9.17) is 9.15 Å². The molecule has 28 heavy (non-hydrogen) atoms. The van der Waals surface area contributed by atoms with Crippen LogP contribution in [0.4, 0.5) is 0 Å². The number of carbonyl (C=O) groups excluding carboxylic acids is 2. The second-order valence-corrected chi connectivity index (χ2v) is 8.62. The van der Waals surface area contributed by atoms with Gasteiger partial charge < -0.3 is 19.0 Å². The number of hydrogen-bond donors (Lipinski definition) is 0. The van der Waals surface area contributed by atoms with Crippen LogP contribution in [-0.4, -0.2) is 54.4 Å². The average Bonchev–Trinajstić information content (AvgIpc) is 3.11. The number of rotatable bonds is 4.